The molecule has 0 aromatic carbocycles. The summed E-state index contributed by atoms with van der Waals surface area (Å²) in [4.78, 5) is 22.3. The second kappa shape index (κ2) is 7.71. The molecule has 0 rings (SSSR count). The van der Waals surface area contributed by atoms with Crippen LogP contribution in [0.1, 0.15) is 27.2 Å². The fourth-order valence-electron chi connectivity index (χ4n) is 1.09. The number of hydrogen-bond donors (Lipinski definition) is 3. The quantitative estimate of drug-likeness (QED) is 0.472. The molecule has 0 bridgehead atoms. The molecular weight excluding hydrogens is 236 g/mol. The molecule has 18 heavy (non-hydrogen) atoms. The fraction of sp³-hybridized carbons (Fsp3) is 0.667. The van der Waals surface area contributed by atoms with Crippen LogP contribution >= 0.6 is 0 Å². The van der Waals surface area contributed by atoms with Crippen LogP contribution in [-0.2, 0) is 9.53 Å². The zero-order chi connectivity index (χ0) is 14.2. The first kappa shape index (κ1) is 16.4. The van der Waals surface area contributed by atoms with E-state index < -0.39 is 23.6 Å². The minimum atomic E-state index is -1.25. The Kier molecular flexibility index (Phi) is 7.04. The largest absolute Gasteiger partial charge is 0.465 e. The zero-order valence-corrected chi connectivity index (χ0v) is 11.2. The van der Waals surface area contributed by atoms with Gasteiger partial charge in [0.2, 0.25) is 5.91 Å². The lowest BCUT2D eigenvalue weighted by atomic mass is 10.2. The number of amides is 2. The predicted molar refractivity (Wildman–Crippen MR) is 68.5 cm³/mol. The summed E-state index contributed by atoms with van der Waals surface area (Å²) in [5.74, 6) is -0.400. The molecule has 0 aliphatic heterocycles. The van der Waals surface area contributed by atoms with Gasteiger partial charge in [-0.05, 0) is 27.2 Å². The van der Waals surface area contributed by atoms with Crippen LogP contribution in [-0.4, -0.2) is 41.9 Å². The lowest BCUT2D eigenvalue weighted by Gasteiger charge is -2.23. The SMILES string of the molecule is C=CCCNC(=O)C(COC(C)(C)C)NC(=O)O. The van der Waals surface area contributed by atoms with Gasteiger partial charge in [-0.25, -0.2) is 4.79 Å². The van der Waals surface area contributed by atoms with Gasteiger partial charge in [-0.3, -0.25) is 4.79 Å². The summed E-state index contributed by atoms with van der Waals surface area (Å²) in [6.45, 7) is 9.46. The second-order valence-electron chi connectivity index (χ2n) is 4.79. The van der Waals surface area contributed by atoms with E-state index in [-0.39, 0.29) is 6.61 Å². The Balaban J connectivity index is 4.32. The number of carboxylic acid groups (broad SMARTS) is 1. The maximum atomic E-state index is 11.7. The van der Waals surface area contributed by atoms with Crippen LogP contribution in [0.3, 0.4) is 0 Å². The van der Waals surface area contributed by atoms with Gasteiger partial charge in [-0.15, -0.1) is 6.58 Å². The average Bonchev–Trinajstić information content (AvgIpc) is 2.22. The van der Waals surface area contributed by atoms with E-state index in [2.05, 4.69) is 17.2 Å². The van der Waals surface area contributed by atoms with E-state index in [1.807, 2.05) is 20.8 Å². The number of hydrogen-bond acceptors (Lipinski definition) is 3. The molecule has 0 saturated heterocycles. The molecule has 0 aromatic heterocycles. The highest BCUT2D eigenvalue weighted by Crippen LogP contribution is 2.07. The topological polar surface area (TPSA) is 87.7 Å². The summed E-state index contributed by atoms with van der Waals surface area (Å²) in [5.41, 5.74) is -0.431. The number of carbonyl (C=O) groups excluding carboxylic acids is 1. The Morgan fingerprint density at radius 2 is 2.06 bits per heavy atom. The minimum Gasteiger partial charge on any atom is -0.465 e. The Hall–Kier alpha value is -1.56. The Bertz CT molecular complexity index is 297. The molecule has 0 spiro atoms. The molecular formula is C12H22N2O4. The van der Waals surface area contributed by atoms with Crippen molar-refractivity contribution in [1.82, 2.24) is 10.6 Å². The van der Waals surface area contributed by atoms with Crippen molar-refractivity contribution in [2.75, 3.05) is 13.2 Å². The van der Waals surface area contributed by atoms with Crippen LogP contribution in [0.25, 0.3) is 0 Å². The second-order valence-corrected chi connectivity index (χ2v) is 4.79. The Morgan fingerprint density at radius 3 is 2.50 bits per heavy atom. The smallest absolute Gasteiger partial charge is 0.405 e. The van der Waals surface area contributed by atoms with Gasteiger partial charge in [-0.1, -0.05) is 6.08 Å². The van der Waals surface area contributed by atoms with Crippen LogP contribution in [0.2, 0.25) is 0 Å². The van der Waals surface area contributed by atoms with Crippen LogP contribution in [0.4, 0.5) is 4.79 Å². The molecule has 104 valence electrons. The first-order valence-electron chi connectivity index (χ1n) is 5.78. The summed E-state index contributed by atoms with van der Waals surface area (Å²) in [6.07, 6.45) is 1.05. The van der Waals surface area contributed by atoms with Gasteiger partial charge in [0, 0.05) is 6.54 Å². The number of ether oxygens (including phenoxy) is 1. The summed E-state index contributed by atoms with van der Waals surface area (Å²) in [5, 5.41) is 13.4. The third-order valence-corrected chi connectivity index (χ3v) is 1.94. The minimum absolute atomic E-state index is 0.00424. The lowest BCUT2D eigenvalue weighted by molar-refractivity contribution is -0.126. The average molecular weight is 258 g/mol. The monoisotopic (exact) mass is 258 g/mol. The highest BCUT2D eigenvalue weighted by atomic mass is 16.5. The first-order valence-corrected chi connectivity index (χ1v) is 5.78. The van der Waals surface area contributed by atoms with Crippen molar-refractivity contribution in [3.05, 3.63) is 12.7 Å². The molecule has 6 heteroatoms. The van der Waals surface area contributed by atoms with Gasteiger partial charge < -0.3 is 20.5 Å². The maximum absolute atomic E-state index is 11.7. The van der Waals surface area contributed by atoms with E-state index in [1.54, 1.807) is 6.08 Å². The highest BCUT2D eigenvalue weighted by Gasteiger charge is 2.23. The van der Waals surface area contributed by atoms with Gasteiger partial charge in [0.1, 0.15) is 6.04 Å². The molecule has 0 aromatic rings. The summed E-state index contributed by atoms with van der Waals surface area (Å²) < 4.78 is 5.41. The fourth-order valence-corrected chi connectivity index (χ4v) is 1.09. The summed E-state index contributed by atoms with van der Waals surface area (Å²) in [6, 6.07) is -0.911. The molecule has 2 amide bonds. The number of rotatable bonds is 7. The van der Waals surface area contributed by atoms with Crippen molar-refractivity contribution in [3.63, 3.8) is 0 Å². The molecule has 0 heterocycles. The van der Waals surface area contributed by atoms with E-state index in [1.165, 1.54) is 0 Å². The van der Waals surface area contributed by atoms with E-state index in [4.69, 9.17) is 9.84 Å². The molecule has 6 nitrogen and oxygen atoms in total. The zero-order valence-electron chi connectivity index (χ0n) is 11.2. The molecule has 1 unspecified atom stereocenters. The van der Waals surface area contributed by atoms with Crippen molar-refractivity contribution in [1.29, 1.82) is 0 Å². The predicted octanol–water partition coefficient (Wildman–Crippen LogP) is 1.13. The Labute approximate surface area is 107 Å². The van der Waals surface area contributed by atoms with Gasteiger partial charge in [0.25, 0.3) is 0 Å². The van der Waals surface area contributed by atoms with E-state index >= 15 is 0 Å². The van der Waals surface area contributed by atoms with Crippen molar-refractivity contribution >= 4 is 12.0 Å². The van der Waals surface area contributed by atoms with Crippen molar-refractivity contribution in [2.45, 2.75) is 38.8 Å². The summed E-state index contributed by atoms with van der Waals surface area (Å²) >= 11 is 0. The van der Waals surface area contributed by atoms with E-state index in [0.29, 0.717) is 13.0 Å². The van der Waals surface area contributed by atoms with Crippen LogP contribution < -0.4 is 10.6 Å². The van der Waals surface area contributed by atoms with Crippen LogP contribution in [0.15, 0.2) is 12.7 Å². The van der Waals surface area contributed by atoms with Crippen molar-refractivity contribution < 1.29 is 19.4 Å². The van der Waals surface area contributed by atoms with Crippen molar-refractivity contribution in [2.24, 2.45) is 0 Å². The third kappa shape index (κ3) is 8.58. The maximum Gasteiger partial charge on any atom is 0.405 e. The normalized spacial score (nSPS) is 12.6. The first-order chi connectivity index (χ1) is 8.26. The molecule has 0 fully saturated rings. The van der Waals surface area contributed by atoms with Gasteiger partial charge in [0.15, 0.2) is 0 Å². The lowest BCUT2D eigenvalue weighted by Crippen LogP contribution is -2.50. The van der Waals surface area contributed by atoms with Crippen LogP contribution in [0, 0.1) is 0 Å². The van der Waals surface area contributed by atoms with Gasteiger partial charge in [0.05, 0.1) is 12.2 Å². The Morgan fingerprint density at radius 1 is 1.44 bits per heavy atom. The van der Waals surface area contributed by atoms with E-state index in [0.717, 1.165) is 0 Å². The molecule has 3 N–H and O–H groups in total. The third-order valence-electron chi connectivity index (χ3n) is 1.94. The number of nitrogens with one attached hydrogen (secondary N) is 2. The molecule has 0 saturated carbocycles. The van der Waals surface area contributed by atoms with E-state index in [9.17, 15) is 9.59 Å². The molecule has 0 radical (unpaired) electrons. The molecule has 0 aliphatic rings. The van der Waals surface area contributed by atoms with Gasteiger partial charge >= 0.3 is 6.09 Å². The molecule has 1 atom stereocenters. The van der Waals surface area contributed by atoms with Crippen LogP contribution in [0.5, 0.6) is 0 Å². The highest BCUT2D eigenvalue weighted by molar-refractivity contribution is 5.85. The van der Waals surface area contributed by atoms with Crippen molar-refractivity contribution in [3.8, 4) is 0 Å². The molecule has 0 aliphatic carbocycles. The standard InChI is InChI=1S/C12H22N2O4/c1-5-6-7-13-10(15)9(14-11(16)17)8-18-12(2,3)4/h5,9,14H,1,6-8H2,2-4H3,(H,13,15)(H,16,17). The number of carbonyl (C=O) groups is 2. The van der Waals surface area contributed by atoms with Gasteiger partial charge in [-0.2, -0.15) is 0 Å². The summed E-state index contributed by atoms with van der Waals surface area (Å²) in [7, 11) is 0.